The van der Waals surface area contributed by atoms with Crippen LogP contribution in [0.25, 0.3) is 22.8 Å². The highest BCUT2D eigenvalue weighted by Gasteiger charge is 2.68. The molecule has 2 N–H and O–H groups in total. The van der Waals surface area contributed by atoms with Crippen molar-refractivity contribution in [1.82, 2.24) is 34.8 Å². The first-order valence-electron chi connectivity index (χ1n) is 10.2. The monoisotopic (exact) mass is 502 g/mol. The lowest BCUT2D eigenvalue weighted by molar-refractivity contribution is -0.179. The molecule has 0 saturated carbocycles. The number of alkyl halides is 2. The fourth-order valence-corrected chi connectivity index (χ4v) is 3.82. The molecule has 1 saturated heterocycles. The molecule has 0 unspecified atom stereocenters. The van der Waals surface area contributed by atoms with Gasteiger partial charge in [0.05, 0.1) is 35.5 Å². The first-order chi connectivity index (χ1) is 16.6. The lowest BCUT2D eigenvalue weighted by Gasteiger charge is -2.22. The van der Waals surface area contributed by atoms with Gasteiger partial charge in [-0.25, -0.2) is 23.7 Å². The third-order valence-corrected chi connectivity index (χ3v) is 5.98. The quantitative estimate of drug-likeness (QED) is 0.422. The van der Waals surface area contributed by atoms with Gasteiger partial charge in [-0.2, -0.15) is 5.10 Å². The van der Waals surface area contributed by atoms with Crippen LogP contribution in [0.15, 0.2) is 47.2 Å². The molecule has 1 aliphatic heterocycles. The Labute approximate surface area is 201 Å². The number of halogens is 3. The molecule has 1 amide bonds. The largest absolute Gasteiger partial charge is 0.368 e. The van der Waals surface area contributed by atoms with Crippen LogP contribution in [0.4, 0.5) is 20.4 Å². The van der Waals surface area contributed by atoms with Gasteiger partial charge >= 0.3 is 5.92 Å². The number of carbonyl (C=O) groups excluding carboxylic acids is 1. The van der Waals surface area contributed by atoms with Gasteiger partial charge in [0, 0.05) is 26.4 Å². The van der Waals surface area contributed by atoms with Crippen LogP contribution in [0, 0.1) is 0 Å². The molecule has 5 heterocycles. The van der Waals surface area contributed by atoms with Crippen molar-refractivity contribution in [2.75, 3.05) is 18.9 Å². The number of pyridine rings is 1. The van der Waals surface area contributed by atoms with Crippen molar-refractivity contribution in [2.24, 2.45) is 7.05 Å². The van der Waals surface area contributed by atoms with Crippen molar-refractivity contribution in [3.63, 3.8) is 0 Å². The fourth-order valence-electron chi connectivity index (χ4n) is 3.68. The molecular formula is C21H17ClF2N8O3. The number of hydrogen-bond donors (Lipinski definition) is 2. The number of aliphatic hydroxyl groups is 1. The molecule has 1 fully saturated rings. The van der Waals surface area contributed by atoms with E-state index in [4.69, 9.17) is 16.1 Å². The molecule has 35 heavy (non-hydrogen) atoms. The zero-order chi connectivity index (χ0) is 25.0. The SMILES string of the molecule is CN1CC(F)(F)[C@@](O)(c2cc(-c3cccc(-c4ccnc(Nc5cnn(C)c5Cl)n4)n3)no2)C1=O. The second-order valence-electron chi connectivity index (χ2n) is 7.92. The zero-order valence-electron chi connectivity index (χ0n) is 18.3. The standard InChI is InChI=1S/C21H17ClF2N8O3/c1-31-10-20(23,24)21(34,18(31)33)16-8-14(30-35-16)12-5-3-4-11(27-12)13-6-7-25-19(28-13)29-15-9-26-32(2)17(15)22/h3-9,34H,10H2,1-2H3,(H,25,28,29)/t21-/m1/s1. The summed E-state index contributed by atoms with van der Waals surface area (Å²) in [4.78, 5) is 26.1. The molecular weight excluding hydrogens is 486 g/mol. The minimum absolute atomic E-state index is 0.0583. The van der Waals surface area contributed by atoms with E-state index in [9.17, 15) is 18.7 Å². The fraction of sp³-hybridized carbons (Fsp3) is 0.238. The Kier molecular flexibility index (Phi) is 5.25. The maximum atomic E-state index is 14.4. The number of anilines is 2. The minimum atomic E-state index is -3.76. The van der Waals surface area contributed by atoms with Crippen LogP contribution < -0.4 is 5.32 Å². The molecule has 4 aromatic rings. The summed E-state index contributed by atoms with van der Waals surface area (Å²) in [5.41, 5.74) is -1.44. The van der Waals surface area contributed by atoms with Gasteiger partial charge in [0.25, 0.3) is 11.5 Å². The summed E-state index contributed by atoms with van der Waals surface area (Å²) in [5.74, 6) is -5.35. The first kappa shape index (κ1) is 22.8. The predicted molar refractivity (Wildman–Crippen MR) is 119 cm³/mol. The van der Waals surface area contributed by atoms with E-state index in [0.717, 1.165) is 11.0 Å². The van der Waals surface area contributed by atoms with Crippen LogP contribution in [0.5, 0.6) is 0 Å². The summed E-state index contributed by atoms with van der Waals surface area (Å²) in [5, 5.41) is 21.7. The van der Waals surface area contributed by atoms with Gasteiger partial charge in [-0.05, 0) is 18.2 Å². The summed E-state index contributed by atoms with van der Waals surface area (Å²) in [6, 6.07) is 7.63. The molecule has 14 heteroatoms. The molecule has 0 spiro atoms. The molecule has 1 aliphatic rings. The third kappa shape index (κ3) is 3.68. The average Bonchev–Trinajstić information content (AvgIpc) is 3.50. The molecule has 11 nitrogen and oxygen atoms in total. The summed E-state index contributed by atoms with van der Waals surface area (Å²) >= 11 is 6.16. The van der Waals surface area contributed by atoms with Crippen molar-refractivity contribution >= 4 is 29.1 Å². The summed E-state index contributed by atoms with van der Waals surface area (Å²) in [6.07, 6.45) is 3.06. The van der Waals surface area contributed by atoms with E-state index < -0.39 is 29.7 Å². The number of aryl methyl sites for hydroxylation is 1. The Hall–Kier alpha value is -3.97. The van der Waals surface area contributed by atoms with Gasteiger partial charge in [-0.1, -0.05) is 22.8 Å². The number of amides is 1. The molecule has 5 rings (SSSR count). The molecule has 180 valence electrons. The lowest BCUT2D eigenvalue weighted by atomic mass is 9.95. The Balaban J connectivity index is 1.45. The van der Waals surface area contributed by atoms with E-state index in [1.165, 1.54) is 24.1 Å². The van der Waals surface area contributed by atoms with Crippen molar-refractivity contribution in [1.29, 1.82) is 0 Å². The topological polar surface area (TPSA) is 135 Å². The van der Waals surface area contributed by atoms with Gasteiger partial charge < -0.3 is 19.8 Å². The molecule has 0 radical (unpaired) electrons. The number of aromatic nitrogens is 6. The van der Waals surface area contributed by atoms with Gasteiger partial charge in [0.1, 0.15) is 10.8 Å². The second-order valence-corrected chi connectivity index (χ2v) is 8.28. The summed E-state index contributed by atoms with van der Waals surface area (Å²) in [7, 11) is 2.86. The van der Waals surface area contributed by atoms with Crippen molar-refractivity contribution in [3.8, 4) is 22.8 Å². The van der Waals surface area contributed by atoms with Gasteiger partial charge in [-0.15, -0.1) is 0 Å². The molecule has 0 aliphatic carbocycles. The number of carbonyl (C=O) groups is 1. The Morgan fingerprint density at radius 1 is 1.14 bits per heavy atom. The normalized spacial score (nSPS) is 19.4. The number of rotatable bonds is 5. The lowest BCUT2D eigenvalue weighted by Crippen LogP contribution is -2.46. The summed E-state index contributed by atoms with van der Waals surface area (Å²) < 4.78 is 35.4. The Morgan fingerprint density at radius 2 is 1.86 bits per heavy atom. The van der Waals surface area contributed by atoms with E-state index >= 15 is 0 Å². The third-order valence-electron chi connectivity index (χ3n) is 5.53. The van der Waals surface area contributed by atoms with E-state index in [0.29, 0.717) is 22.2 Å². The molecule has 4 aromatic heterocycles. The van der Waals surface area contributed by atoms with Crippen LogP contribution in [0.2, 0.25) is 5.15 Å². The van der Waals surface area contributed by atoms with E-state index in [2.05, 4.69) is 30.5 Å². The van der Waals surface area contributed by atoms with Crippen molar-refractivity contribution < 1.29 is 23.2 Å². The highest BCUT2D eigenvalue weighted by atomic mass is 35.5. The van der Waals surface area contributed by atoms with E-state index in [-0.39, 0.29) is 17.3 Å². The molecule has 0 aromatic carbocycles. The van der Waals surface area contributed by atoms with Crippen LogP contribution >= 0.6 is 11.6 Å². The highest BCUT2D eigenvalue weighted by Crippen LogP contribution is 2.45. The van der Waals surface area contributed by atoms with E-state index in [1.807, 2.05) is 0 Å². The van der Waals surface area contributed by atoms with Crippen LogP contribution in [-0.2, 0) is 17.4 Å². The van der Waals surface area contributed by atoms with Gasteiger partial charge in [0.15, 0.2) is 5.76 Å². The van der Waals surface area contributed by atoms with Crippen LogP contribution in [-0.4, -0.2) is 65.3 Å². The number of nitrogens with one attached hydrogen (secondary N) is 1. The maximum absolute atomic E-state index is 14.4. The van der Waals surface area contributed by atoms with Crippen molar-refractivity contribution in [3.05, 3.63) is 53.6 Å². The average molecular weight is 503 g/mol. The molecule has 1 atom stereocenters. The van der Waals surface area contributed by atoms with Crippen molar-refractivity contribution in [2.45, 2.75) is 11.5 Å². The predicted octanol–water partition coefficient (Wildman–Crippen LogP) is 2.62. The Bertz CT molecular complexity index is 1440. The Morgan fingerprint density at radius 3 is 2.51 bits per heavy atom. The summed E-state index contributed by atoms with van der Waals surface area (Å²) in [6.45, 7) is -0.944. The van der Waals surface area contributed by atoms with E-state index in [1.54, 1.807) is 31.3 Å². The highest BCUT2D eigenvalue weighted by molar-refractivity contribution is 6.32. The van der Waals surface area contributed by atoms with Gasteiger partial charge in [-0.3, -0.25) is 9.48 Å². The van der Waals surface area contributed by atoms with Crippen LogP contribution in [0.1, 0.15) is 5.76 Å². The number of nitrogens with zero attached hydrogens (tertiary/aromatic N) is 7. The number of hydrogen-bond acceptors (Lipinski definition) is 9. The zero-order valence-corrected chi connectivity index (χ0v) is 19.0. The first-order valence-corrected chi connectivity index (χ1v) is 10.6. The van der Waals surface area contributed by atoms with Gasteiger partial charge in [0.2, 0.25) is 5.95 Å². The second kappa shape index (κ2) is 8.06. The maximum Gasteiger partial charge on any atom is 0.309 e. The minimum Gasteiger partial charge on any atom is -0.368 e. The number of likely N-dealkylation sites (N-methyl/N-ethyl adjacent to an activating group) is 1. The smallest absolute Gasteiger partial charge is 0.309 e. The van der Waals surface area contributed by atoms with Crippen LogP contribution in [0.3, 0.4) is 0 Å². The molecule has 0 bridgehead atoms. The number of likely N-dealkylation sites (tertiary alicyclic amines) is 1.